The summed E-state index contributed by atoms with van der Waals surface area (Å²) >= 11 is 5.88. The number of nitrogens with one attached hydrogen (secondary N) is 2. The van der Waals surface area contributed by atoms with E-state index in [4.69, 9.17) is 20.8 Å². The Kier molecular flexibility index (Phi) is 7.45. The van der Waals surface area contributed by atoms with Gasteiger partial charge in [-0.3, -0.25) is 20.4 Å². The Morgan fingerprint density at radius 2 is 1.80 bits per heavy atom. The molecule has 0 radical (unpaired) electrons. The van der Waals surface area contributed by atoms with Gasteiger partial charge < -0.3 is 9.15 Å². The van der Waals surface area contributed by atoms with E-state index in [9.17, 15) is 9.59 Å². The van der Waals surface area contributed by atoms with E-state index in [1.165, 1.54) is 0 Å². The van der Waals surface area contributed by atoms with Gasteiger partial charge >= 0.3 is 0 Å². The highest BCUT2D eigenvalue weighted by atomic mass is 35.5. The number of oxazole rings is 1. The normalized spacial score (nSPS) is 10.5. The molecular formula is C22H22ClN3O4. The van der Waals surface area contributed by atoms with Gasteiger partial charge in [-0.15, -0.1) is 0 Å². The maximum absolute atomic E-state index is 12.0. The lowest BCUT2D eigenvalue weighted by Crippen LogP contribution is -2.43. The molecule has 1 heterocycles. The summed E-state index contributed by atoms with van der Waals surface area (Å²) < 4.78 is 11.2. The van der Waals surface area contributed by atoms with Crippen molar-refractivity contribution in [3.05, 3.63) is 71.2 Å². The minimum Gasteiger partial charge on any atom is -0.483 e. The Hall–Kier alpha value is -3.32. The van der Waals surface area contributed by atoms with Gasteiger partial charge in [0.2, 0.25) is 5.91 Å². The first kappa shape index (κ1) is 21.4. The van der Waals surface area contributed by atoms with Gasteiger partial charge in [0.1, 0.15) is 5.75 Å². The average molecular weight is 428 g/mol. The lowest BCUT2D eigenvalue weighted by molar-refractivity contribution is -0.130. The average Bonchev–Trinajstić information content (AvgIpc) is 3.24. The Morgan fingerprint density at radius 3 is 2.57 bits per heavy atom. The molecule has 0 spiro atoms. The zero-order chi connectivity index (χ0) is 21.3. The Balaban J connectivity index is 1.39. The Morgan fingerprint density at radius 1 is 1.07 bits per heavy atom. The first-order valence-electron chi connectivity index (χ1n) is 9.54. The molecule has 156 valence electrons. The third kappa shape index (κ3) is 6.09. The molecule has 2 N–H and O–H groups in total. The van der Waals surface area contributed by atoms with E-state index in [1.807, 2.05) is 37.3 Å². The number of rotatable bonds is 8. The van der Waals surface area contributed by atoms with Gasteiger partial charge in [0.25, 0.3) is 5.91 Å². The number of carbonyl (C=O) groups excluding carboxylic acids is 2. The summed E-state index contributed by atoms with van der Waals surface area (Å²) in [4.78, 5) is 28.0. The van der Waals surface area contributed by atoms with Gasteiger partial charge in [0.05, 0.1) is 6.20 Å². The van der Waals surface area contributed by atoms with Crippen LogP contribution in [0.2, 0.25) is 5.02 Å². The number of aryl methyl sites for hydroxylation is 2. The lowest BCUT2D eigenvalue weighted by atomic mass is 10.1. The van der Waals surface area contributed by atoms with Crippen molar-refractivity contribution in [1.82, 2.24) is 15.8 Å². The van der Waals surface area contributed by atoms with Crippen molar-refractivity contribution in [2.45, 2.75) is 26.2 Å². The second kappa shape index (κ2) is 10.5. The van der Waals surface area contributed by atoms with Crippen molar-refractivity contribution >= 4 is 23.4 Å². The molecule has 0 aliphatic carbocycles. The highest BCUT2D eigenvalue weighted by Crippen LogP contribution is 2.22. The lowest BCUT2D eigenvalue weighted by Gasteiger charge is -2.11. The third-order valence-electron chi connectivity index (χ3n) is 4.30. The molecule has 0 atom stereocenters. The maximum atomic E-state index is 12.0. The van der Waals surface area contributed by atoms with E-state index in [2.05, 4.69) is 15.8 Å². The van der Waals surface area contributed by atoms with Crippen molar-refractivity contribution in [3.8, 4) is 17.1 Å². The number of nitrogens with zero attached hydrogens (tertiary/aromatic N) is 1. The molecule has 7 nitrogen and oxygen atoms in total. The number of aromatic nitrogens is 1. The molecule has 0 fully saturated rings. The fraction of sp³-hybridized carbons (Fsp3) is 0.227. The highest BCUT2D eigenvalue weighted by Gasteiger charge is 2.11. The predicted molar refractivity (Wildman–Crippen MR) is 113 cm³/mol. The molecule has 3 rings (SSSR count). The van der Waals surface area contributed by atoms with Crippen molar-refractivity contribution in [1.29, 1.82) is 0 Å². The molecule has 0 aliphatic heterocycles. The smallest absolute Gasteiger partial charge is 0.276 e. The number of benzene rings is 2. The van der Waals surface area contributed by atoms with E-state index >= 15 is 0 Å². The van der Waals surface area contributed by atoms with Crippen LogP contribution in [0.15, 0.2) is 59.1 Å². The van der Waals surface area contributed by atoms with Crippen molar-refractivity contribution < 1.29 is 18.7 Å². The number of para-hydroxylation sites is 1. The van der Waals surface area contributed by atoms with Crippen molar-refractivity contribution in [2.75, 3.05) is 6.61 Å². The zero-order valence-electron chi connectivity index (χ0n) is 16.5. The molecule has 0 saturated heterocycles. The molecule has 1 aromatic heterocycles. The monoisotopic (exact) mass is 427 g/mol. The first-order valence-corrected chi connectivity index (χ1v) is 9.92. The number of hydrogen-bond donors (Lipinski definition) is 2. The highest BCUT2D eigenvalue weighted by molar-refractivity contribution is 6.30. The predicted octanol–water partition coefficient (Wildman–Crippen LogP) is 3.72. The quantitative estimate of drug-likeness (QED) is 0.534. The molecule has 3 aromatic rings. The van der Waals surface area contributed by atoms with Crippen LogP contribution < -0.4 is 15.6 Å². The summed E-state index contributed by atoms with van der Waals surface area (Å²) in [5.74, 6) is 0.877. The van der Waals surface area contributed by atoms with Crippen LogP contribution >= 0.6 is 11.6 Å². The summed E-state index contributed by atoms with van der Waals surface area (Å²) in [5.41, 5.74) is 6.55. The van der Waals surface area contributed by atoms with E-state index in [0.29, 0.717) is 28.8 Å². The van der Waals surface area contributed by atoms with Crippen molar-refractivity contribution in [2.24, 2.45) is 0 Å². The van der Waals surface area contributed by atoms with E-state index < -0.39 is 5.91 Å². The summed E-state index contributed by atoms with van der Waals surface area (Å²) in [7, 11) is 0. The van der Waals surface area contributed by atoms with Crippen LogP contribution in [-0.4, -0.2) is 23.4 Å². The molecular weight excluding hydrogens is 406 g/mol. The van der Waals surface area contributed by atoms with Gasteiger partial charge in [0, 0.05) is 23.4 Å². The Labute approximate surface area is 179 Å². The molecule has 2 amide bonds. The SMILES string of the molecule is CCc1ccccc1OCC(=O)NNC(=O)CCc1ncc(-c2ccc(Cl)cc2)o1. The van der Waals surface area contributed by atoms with E-state index in [0.717, 1.165) is 17.5 Å². The first-order chi connectivity index (χ1) is 14.5. The van der Waals surface area contributed by atoms with Gasteiger partial charge in [-0.25, -0.2) is 4.98 Å². The summed E-state index contributed by atoms with van der Waals surface area (Å²) in [5, 5.41) is 0.636. The molecule has 0 unspecified atom stereocenters. The summed E-state index contributed by atoms with van der Waals surface area (Å²) in [6.07, 6.45) is 2.81. The zero-order valence-corrected chi connectivity index (χ0v) is 17.2. The second-order valence-electron chi connectivity index (χ2n) is 6.47. The minimum absolute atomic E-state index is 0.111. The van der Waals surface area contributed by atoms with Crippen LogP contribution in [0, 0.1) is 0 Å². The number of carbonyl (C=O) groups is 2. The molecule has 0 aliphatic rings. The maximum Gasteiger partial charge on any atom is 0.276 e. The van der Waals surface area contributed by atoms with Crippen molar-refractivity contribution in [3.63, 3.8) is 0 Å². The van der Waals surface area contributed by atoms with Crippen LogP contribution in [0.3, 0.4) is 0 Å². The number of ether oxygens (including phenoxy) is 1. The van der Waals surface area contributed by atoms with Gasteiger partial charge in [0.15, 0.2) is 18.3 Å². The van der Waals surface area contributed by atoms with Crippen LogP contribution in [0.4, 0.5) is 0 Å². The molecule has 0 bridgehead atoms. The van der Waals surface area contributed by atoms with Crippen LogP contribution in [0.25, 0.3) is 11.3 Å². The van der Waals surface area contributed by atoms with E-state index in [-0.39, 0.29) is 18.9 Å². The largest absolute Gasteiger partial charge is 0.483 e. The third-order valence-corrected chi connectivity index (χ3v) is 4.55. The number of hydrazine groups is 1. The molecule has 2 aromatic carbocycles. The topological polar surface area (TPSA) is 93.5 Å². The van der Waals surface area contributed by atoms with Crippen LogP contribution in [0.1, 0.15) is 24.8 Å². The molecule has 8 heteroatoms. The second-order valence-corrected chi connectivity index (χ2v) is 6.91. The van der Waals surface area contributed by atoms with Gasteiger partial charge in [-0.2, -0.15) is 0 Å². The fourth-order valence-corrected chi connectivity index (χ4v) is 2.84. The molecule has 0 saturated carbocycles. The standard InChI is InChI=1S/C22H22ClN3O4/c1-2-15-5-3-4-6-18(15)29-14-21(28)26-25-20(27)11-12-22-24-13-19(30-22)16-7-9-17(23)10-8-16/h3-10,13H,2,11-12,14H2,1H3,(H,25,27)(H,26,28). The van der Waals surface area contributed by atoms with Gasteiger partial charge in [-0.1, -0.05) is 36.7 Å². The molecule has 30 heavy (non-hydrogen) atoms. The number of halogens is 1. The minimum atomic E-state index is -0.449. The van der Waals surface area contributed by atoms with Crippen LogP contribution in [-0.2, 0) is 22.4 Å². The number of amides is 2. The summed E-state index contributed by atoms with van der Waals surface area (Å²) in [6.45, 7) is 1.82. The Bertz CT molecular complexity index is 1000. The summed E-state index contributed by atoms with van der Waals surface area (Å²) in [6, 6.07) is 14.7. The van der Waals surface area contributed by atoms with Gasteiger partial charge in [-0.05, 0) is 42.3 Å². The number of hydrogen-bond acceptors (Lipinski definition) is 5. The fourth-order valence-electron chi connectivity index (χ4n) is 2.71. The van der Waals surface area contributed by atoms with E-state index in [1.54, 1.807) is 24.4 Å². The van der Waals surface area contributed by atoms with Crippen LogP contribution in [0.5, 0.6) is 5.75 Å².